The summed E-state index contributed by atoms with van der Waals surface area (Å²) in [5.41, 5.74) is 6.64. The number of nitrogens with two attached hydrogens (primary N) is 1. The summed E-state index contributed by atoms with van der Waals surface area (Å²) in [5, 5.41) is 0. The summed E-state index contributed by atoms with van der Waals surface area (Å²) in [5.74, 6) is 0.917. The van der Waals surface area contributed by atoms with Crippen LogP contribution < -0.4 is 10.5 Å². The number of carbonyl (C=O) groups excluding carboxylic acids is 1. The monoisotopic (exact) mass is 276 g/mol. The Morgan fingerprint density at radius 3 is 2.65 bits per heavy atom. The maximum atomic E-state index is 12.3. The maximum absolute atomic E-state index is 12.3. The van der Waals surface area contributed by atoms with Crippen LogP contribution in [0.5, 0.6) is 5.75 Å². The van der Waals surface area contributed by atoms with Crippen LogP contribution in [0.3, 0.4) is 0 Å². The minimum Gasteiger partial charge on any atom is -0.491 e. The first-order valence-corrected chi connectivity index (χ1v) is 7.26. The van der Waals surface area contributed by atoms with Crippen LogP contribution in [0.4, 0.5) is 0 Å². The highest BCUT2D eigenvalue weighted by atomic mass is 16.5. The number of para-hydroxylation sites is 1. The van der Waals surface area contributed by atoms with Crippen LogP contribution in [0, 0.1) is 6.92 Å². The lowest BCUT2D eigenvalue weighted by molar-refractivity contribution is -0.135. The van der Waals surface area contributed by atoms with E-state index in [0.29, 0.717) is 13.2 Å². The molecule has 4 heteroatoms. The molecule has 20 heavy (non-hydrogen) atoms. The van der Waals surface area contributed by atoms with Gasteiger partial charge in [0.1, 0.15) is 12.4 Å². The first kappa shape index (κ1) is 14.9. The molecule has 0 aliphatic heterocycles. The largest absolute Gasteiger partial charge is 0.491 e. The van der Waals surface area contributed by atoms with Gasteiger partial charge >= 0.3 is 0 Å². The standard InChI is InChI=1S/C16H24N2O2/c1-13-7-3-4-8-14(13)20-12-11-18(2)15(19)16(17)9-5-6-10-16/h3-4,7-8H,5-6,9-12,17H2,1-2H3. The van der Waals surface area contributed by atoms with Crippen LogP contribution in [0.2, 0.25) is 0 Å². The number of rotatable bonds is 5. The van der Waals surface area contributed by atoms with E-state index in [-0.39, 0.29) is 5.91 Å². The molecular formula is C16H24N2O2. The second kappa shape index (κ2) is 6.27. The Kier molecular flexibility index (Phi) is 4.65. The van der Waals surface area contributed by atoms with Gasteiger partial charge in [-0.05, 0) is 31.4 Å². The molecule has 0 bridgehead atoms. The van der Waals surface area contributed by atoms with Crippen molar-refractivity contribution < 1.29 is 9.53 Å². The van der Waals surface area contributed by atoms with Gasteiger partial charge in [-0.3, -0.25) is 4.79 Å². The average molecular weight is 276 g/mol. The molecule has 1 amide bonds. The van der Waals surface area contributed by atoms with Crippen molar-refractivity contribution in [3.8, 4) is 5.75 Å². The van der Waals surface area contributed by atoms with Gasteiger partial charge in [0.2, 0.25) is 5.91 Å². The van der Waals surface area contributed by atoms with E-state index in [4.69, 9.17) is 10.5 Å². The van der Waals surface area contributed by atoms with Gasteiger partial charge in [0.15, 0.2) is 0 Å². The van der Waals surface area contributed by atoms with Crippen molar-refractivity contribution in [2.45, 2.75) is 38.1 Å². The van der Waals surface area contributed by atoms with Crippen LogP contribution in [0.25, 0.3) is 0 Å². The molecule has 0 unspecified atom stereocenters. The molecule has 2 N–H and O–H groups in total. The quantitative estimate of drug-likeness (QED) is 0.896. The highest BCUT2D eigenvalue weighted by molar-refractivity contribution is 5.86. The molecule has 0 saturated heterocycles. The van der Waals surface area contributed by atoms with E-state index in [0.717, 1.165) is 37.0 Å². The first-order chi connectivity index (χ1) is 9.53. The van der Waals surface area contributed by atoms with E-state index in [9.17, 15) is 4.79 Å². The summed E-state index contributed by atoms with van der Waals surface area (Å²) in [6.45, 7) is 3.06. The van der Waals surface area contributed by atoms with Crippen LogP contribution in [0.1, 0.15) is 31.2 Å². The fourth-order valence-electron chi connectivity index (χ4n) is 2.71. The van der Waals surface area contributed by atoms with Gasteiger partial charge in [0.05, 0.1) is 12.1 Å². The number of carbonyl (C=O) groups is 1. The molecule has 0 atom stereocenters. The lowest BCUT2D eigenvalue weighted by Gasteiger charge is -2.28. The van der Waals surface area contributed by atoms with Gasteiger partial charge in [0.25, 0.3) is 0 Å². The van der Waals surface area contributed by atoms with Crippen LogP contribution in [0.15, 0.2) is 24.3 Å². The molecule has 0 spiro atoms. The van der Waals surface area contributed by atoms with E-state index in [1.165, 1.54) is 0 Å². The molecule has 0 aromatic heterocycles. The van der Waals surface area contributed by atoms with Gasteiger partial charge < -0.3 is 15.4 Å². The highest BCUT2D eigenvalue weighted by Crippen LogP contribution is 2.28. The van der Waals surface area contributed by atoms with E-state index in [1.54, 1.807) is 11.9 Å². The fourth-order valence-corrected chi connectivity index (χ4v) is 2.71. The molecule has 1 aromatic rings. The zero-order chi connectivity index (χ0) is 14.6. The Labute approximate surface area is 120 Å². The van der Waals surface area contributed by atoms with Gasteiger partial charge in [-0.25, -0.2) is 0 Å². The second-order valence-electron chi connectivity index (χ2n) is 5.70. The number of hydrogen-bond acceptors (Lipinski definition) is 3. The fraction of sp³-hybridized carbons (Fsp3) is 0.562. The molecular weight excluding hydrogens is 252 g/mol. The topological polar surface area (TPSA) is 55.6 Å². The van der Waals surface area contributed by atoms with Gasteiger partial charge in [0, 0.05) is 7.05 Å². The van der Waals surface area contributed by atoms with Gasteiger partial charge in [-0.2, -0.15) is 0 Å². The molecule has 110 valence electrons. The van der Waals surface area contributed by atoms with Crippen molar-refractivity contribution in [1.29, 1.82) is 0 Å². The molecule has 0 radical (unpaired) electrons. The molecule has 1 fully saturated rings. The number of likely N-dealkylation sites (N-methyl/N-ethyl adjacent to an activating group) is 1. The minimum absolute atomic E-state index is 0.0448. The van der Waals surface area contributed by atoms with E-state index < -0.39 is 5.54 Å². The average Bonchev–Trinajstić information content (AvgIpc) is 2.88. The number of nitrogens with zero attached hydrogens (tertiary/aromatic N) is 1. The number of ether oxygens (including phenoxy) is 1. The maximum Gasteiger partial charge on any atom is 0.242 e. The van der Waals surface area contributed by atoms with Gasteiger partial charge in [-0.1, -0.05) is 31.0 Å². The molecule has 1 aromatic carbocycles. The minimum atomic E-state index is -0.641. The first-order valence-electron chi connectivity index (χ1n) is 7.26. The van der Waals surface area contributed by atoms with Crippen LogP contribution in [-0.4, -0.2) is 36.5 Å². The number of benzene rings is 1. The third kappa shape index (κ3) is 3.31. The van der Waals surface area contributed by atoms with Crippen molar-refractivity contribution in [2.24, 2.45) is 5.73 Å². The number of aryl methyl sites for hydroxylation is 1. The third-order valence-corrected chi connectivity index (χ3v) is 4.05. The Bertz CT molecular complexity index is 467. The van der Waals surface area contributed by atoms with E-state index >= 15 is 0 Å². The zero-order valence-corrected chi connectivity index (χ0v) is 12.4. The summed E-state index contributed by atoms with van der Waals surface area (Å²) in [6, 6.07) is 7.89. The molecule has 4 nitrogen and oxygen atoms in total. The predicted molar refractivity (Wildman–Crippen MR) is 79.7 cm³/mol. The van der Waals surface area contributed by atoms with Crippen molar-refractivity contribution in [3.63, 3.8) is 0 Å². The van der Waals surface area contributed by atoms with E-state index in [2.05, 4.69) is 0 Å². The Morgan fingerprint density at radius 2 is 2.00 bits per heavy atom. The summed E-state index contributed by atoms with van der Waals surface area (Å²) in [6.07, 6.45) is 3.70. The molecule has 0 heterocycles. The predicted octanol–water partition coefficient (Wildman–Crippen LogP) is 2.10. The lowest BCUT2D eigenvalue weighted by atomic mass is 9.97. The Balaban J connectivity index is 1.82. The highest BCUT2D eigenvalue weighted by Gasteiger charge is 2.38. The molecule has 1 saturated carbocycles. The van der Waals surface area contributed by atoms with Crippen molar-refractivity contribution in [2.75, 3.05) is 20.2 Å². The Hall–Kier alpha value is -1.55. The summed E-state index contributed by atoms with van der Waals surface area (Å²) >= 11 is 0. The molecule has 2 rings (SSSR count). The summed E-state index contributed by atoms with van der Waals surface area (Å²) in [4.78, 5) is 14.0. The molecule has 1 aliphatic rings. The van der Waals surface area contributed by atoms with Crippen molar-refractivity contribution in [3.05, 3.63) is 29.8 Å². The zero-order valence-electron chi connectivity index (χ0n) is 12.4. The normalized spacial score (nSPS) is 16.9. The number of hydrogen-bond donors (Lipinski definition) is 1. The van der Waals surface area contributed by atoms with E-state index in [1.807, 2.05) is 31.2 Å². The van der Waals surface area contributed by atoms with Gasteiger partial charge in [-0.15, -0.1) is 0 Å². The lowest BCUT2D eigenvalue weighted by Crippen LogP contribution is -2.53. The summed E-state index contributed by atoms with van der Waals surface area (Å²) < 4.78 is 5.72. The second-order valence-corrected chi connectivity index (χ2v) is 5.70. The SMILES string of the molecule is Cc1ccccc1OCCN(C)C(=O)C1(N)CCCC1. The van der Waals surface area contributed by atoms with Crippen molar-refractivity contribution in [1.82, 2.24) is 4.90 Å². The van der Waals surface area contributed by atoms with Crippen LogP contribution in [-0.2, 0) is 4.79 Å². The van der Waals surface area contributed by atoms with Crippen molar-refractivity contribution >= 4 is 5.91 Å². The summed E-state index contributed by atoms with van der Waals surface area (Å²) in [7, 11) is 1.80. The Morgan fingerprint density at radius 1 is 1.35 bits per heavy atom. The molecule has 1 aliphatic carbocycles. The third-order valence-electron chi connectivity index (χ3n) is 4.05. The smallest absolute Gasteiger partial charge is 0.242 e. The number of amides is 1. The van der Waals surface area contributed by atoms with Crippen LogP contribution >= 0.6 is 0 Å².